The number of nitrogens with one attached hydrogen (secondary N) is 1. The van der Waals surface area contributed by atoms with Crippen molar-refractivity contribution in [1.82, 2.24) is 19.6 Å². The van der Waals surface area contributed by atoms with Gasteiger partial charge in [-0.15, -0.1) is 0 Å². The zero-order chi connectivity index (χ0) is 21.9. The molecule has 0 spiro atoms. The van der Waals surface area contributed by atoms with Crippen molar-refractivity contribution in [2.75, 3.05) is 5.32 Å². The molecule has 30 heavy (non-hydrogen) atoms. The number of aromatic nitrogens is 4. The Morgan fingerprint density at radius 3 is 2.63 bits per heavy atom. The summed E-state index contributed by atoms with van der Waals surface area (Å²) in [6.45, 7) is 3.31. The number of hydrogen-bond donors (Lipinski definition) is 1. The first kappa shape index (κ1) is 21.9. The van der Waals surface area contributed by atoms with Gasteiger partial charge in [0.1, 0.15) is 5.75 Å². The lowest BCUT2D eigenvalue weighted by molar-refractivity contribution is -0.141. The zero-order valence-corrected chi connectivity index (χ0v) is 17.7. The van der Waals surface area contributed by atoms with Crippen LogP contribution in [0.2, 0.25) is 0 Å². The van der Waals surface area contributed by atoms with Gasteiger partial charge in [-0.3, -0.25) is 9.48 Å². The summed E-state index contributed by atoms with van der Waals surface area (Å²) in [4.78, 5) is 12.4. The van der Waals surface area contributed by atoms with Crippen LogP contribution in [-0.4, -0.2) is 25.5 Å². The minimum Gasteiger partial charge on any atom is -0.471 e. The number of carbonyl (C=O) groups excluding carboxylic acids is 1. The van der Waals surface area contributed by atoms with Crippen LogP contribution in [0.3, 0.4) is 0 Å². The number of hydrogen-bond acceptors (Lipinski definition) is 4. The number of halogens is 4. The number of carbonyl (C=O) groups is 1. The molecule has 3 aromatic rings. The lowest BCUT2D eigenvalue weighted by Gasteiger charge is -2.12. The van der Waals surface area contributed by atoms with Crippen molar-refractivity contribution in [2.45, 2.75) is 33.3 Å². The van der Waals surface area contributed by atoms with Gasteiger partial charge >= 0.3 is 6.18 Å². The Balaban J connectivity index is 1.54. The van der Waals surface area contributed by atoms with E-state index in [1.807, 2.05) is 12.1 Å². The number of amides is 1. The van der Waals surface area contributed by atoms with Crippen LogP contribution < -0.4 is 10.1 Å². The predicted octanol–water partition coefficient (Wildman–Crippen LogP) is 4.48. The number of ether oxygens (including phenoxy) is 1. The van der Waals surface area contributed by atoms with Crippen molar-refractivity contribution in [3.05, 3.63) is 58.6 Å². The Morgan fingerprint density at radius 1 is 1.30 bits per heavy atom. The Bertz CT molecular complexity index is 1010. The van der Waals surface area contributed by atoms with Gasteiger partial charge in [-0.05, 0) is 37.3 Å². The topological polar surface area (TPSA) is 74.0 Å². The summed E-state index contributed by atoms with van der Waals surface area (Å²) < 4.78 is 47.6. The van der Waals surface area contributed by atoms with Crippen molar-refractivity contribution >= 4 is 27.5 Å². The van der Waals surface area contributed by atoms with Gasteiger partial charge in [0.25, 0.3) is 0 Å². The maximum Gasteiger partial charge on any atom is 0.435 e. The van der Waals surface area contributed by atoms with Crippen molar-refractivity contribution < 1.29 is 22.7 Å². The zero-order valence-electron chi connectivity index (χ0n) is 16.2. The Kier molecular flexibility index (Phi) is 6.49. The molecular weight excluding hydrogens is 467 g/mol. The largest absolute Gasteiger partial charge is 0.471 e. The molecule has 1 N–H and O–H groups in total. The molecule has 0 aliphatic rings. The molecule has 2 heterocycles. The van der Waals surface area contributed by atoms with Gasteiger partial charge in [0.05, 0.1) is 30.5 Å². The second-order valence-corrected chi connectivity index (χ2v) is 7.65. The van der Waals surface area contributed by atoms with E-state index < -0.39 is 17.8 Å². The van der Waals surface area contributed by atoms with Crippen LogP contribution in [0.5, 0.6) is 5.75 Å². The number of benzene rings is 1. The summed E-state index contributed by atoms with van der Waals surface area (Å²) in [6.07, 6.45) is -1.45. The Hall–Kier alpha value is -2.82. The third-order valence-corrected chi connectivity index (χ3v) is 4.77. The van der Waals surface area contributed by atoms with Crippen molar-refractivity contribution in [3.63, 3.8) is 0 Å². The van der Waals surface area contributed by atoms with E-state index in [-0.39, 0.29) is 19.2 Å². The van der Waals surface area contributed by atoms with E-state index in [0.29, 0.717) is 17.1 Å². The highest BCUT2D eigenvalue weighted by Crippen LogP contribution is 2.28. The summed E-state index contributed by atoms with van der Waals surface area (Å²) in [5, 5.41) is 10.4. The molecule has 1 unspecified atom stereocenters. The number of nitrogens with zero attached hydrogens (tertiary/aromatic N) is 4. The molecule has 0 aliphatic heterocycles. The molecule has 160 valence electrons. The number of anilines is 1. The molecule has 0 saturated carbocycles. The lowest BCUT2D eigenvalue weighted by Crippen LogP contribution is -2.25. The molecule has 0 fully saturated rings. The summed E-state index contributed by atoms with van der Waals surface area (Å²) >= 11 is 3.35. The predicted molar refractivity (Wildman–Crippen MR) is 107 cm³/mol. The van der Waals surface area contributed by atoms with Gasteiger partial charge in [0, 0.05) is 10.2 Å². The molecule has 11 heteroatoms. The van der Waals surface area contributed by atoms with E-state index in [0.717, 1.165) is 10.5 Å². The van der Waals surface area contributed by atoms with Crippen LogP contribution in [0.4, 0.5) is 18.9 Å². The minimum atomic E-state index is -4.52. The molecular formula is C19H19BrF3N5O2. The SMILES string of the molecule is Cc1cc(C(F)(F)F)nn1CC(C)C(=O)Nc1cnn(COc2ccc(Br)cc2)c1. The first-order valence-electron chi connectivity index (χ1n) is 8.95. The van der Waals surface area contributed by atoms with Crippen LogP contribution >= 0.6 is 15.9 Å². The van der Waals surface area contributed by atoms with Gasteiger partial charge in [0.2, 0.25) is 5.91 Å². The van der Waals surface area contributed by atoms with Gasteiger partial charge in [0.15, 0.2) is 12.4 Å². The fraction of sp³-hybridized carbons (Fsp3) is 0.316. The van der Waals surface area contributed by atoms with Gasteiger partial charge in [-0.1, -0.05) is 22.9 Å². The smallest absolute Gasteiger partial charge is 0.435 e. The third-order valence-electron chi connectivity index (χ3n) is 4.24. The maximum atomic E-state index is 12.8. The van der Waals surface area contributed by atoms with E-state index in [9.17, 15) is 18.0 Å². The third kappa shape index (κ3) is 5.62. The second-order valence-electron chi connectivity index (χ2n) is 6.74. The molecule has 0 aliphatic carbocycles. The molecule has 1 aromatic carbocycles. The van der Waals surface area contributed by atoms with Crippen LogP contribution in [0.15, 0.2) is 47.2 Å². The van der Waals surface area contributed by atoms with E-state index in [1.165, 1.54) is 22.5 Å². The number of alkyl halides is 3. The van der Waals surface area contributed by atoms with E-state index in [4.69, 9.17) is 4.74 Å². The highest BCUT2D eigenvalue weighted by atomic mass is 79.9. The Labute approximate surface area is 179 Å². The van der Waals surface area contributed by atoms with Crippen LogP contribution in [0, 0.1) is 12.8 Å². The first-order valence-corrected chi connectivity index (χ1v) is 9.74. The molecule has 1 atom stereocenters. The van der Waals surface area contributed by atoms with Crippen LogP contribution in [-0.2, 0) is 24.2 Å². The highest BCUT2D eigenvalue weighted by Gasteiger charge is 2.34. The summed E-state index contributed by atoms with van der Waals surface area (Å²) in [6, 6.07) is 8.27. The normalized spacial score (nSPS) is 12.6. The average molecular weight is 486 g/mol. The number of rotatable bonds is 7. The maximum absolute atomic E-state index is 12.8. The second kappa shape index (κ2) is 8.90. The molecule has 0 radical (unpaired) electrons. The quantitative estimate of drug-likeness (QED) is 0.535. The molecule has 7 nitrogen and oxygen atoms in total. The summed E-state index contributed by atoms with van der Waals surface area (Å²) in [5.41, 5.74) is -0.182. The molecule has 1 amide bonds. The summed E-state index contributed by atoms with van der Waals surface area (Å²) in [5.74, 6) is -0.292. The van der Waals surface area contributed by atoms with E-state index >= 15 is 0 Å². The minimum absolute atomic E-state index is 0.0224. The highest BCUT2D eigenvalue weighted by molar-refractivity contribution is 9.10. The van der Waals surface area contributed by atoms with Crippen molar-refractivity contribution in [1.29, 1.82) is 0 Å². The molecule has 0 bridgehead atoms. The van der Waals surface area contributed by atoms with Crippen LogP contribution in [0.25, 0.3) is 0 Å². The lowest BCUT2D eigenvalue weighted by atomic mass is 10.1. The van der Waals surface area contributed by atoms with E-state index in [1.54, 1.807) is 25.3 Å². The van der Waals surface area contributed by atoms with Crippen molar-refractivity contribution in [2.24, 2.45) is 5.92 Å². The molecule has 0 saturated heterocycles. The van der Waals surface area contributed by atoms with Gasteiger partial charge in [-0.25, -0.2) is 4.68 Å². The van der Waals surface area contributed by atoms with Gasteiger partial charge in [-0.2, -0.15) is 23.4 Å². The van der Waals surface area contributed by atoms with Crippen LogP contribution in [0.1, 0.15) is 18.3 Å². The molecule has 3 rings (SSSR count). The fourth-order valence-corrected chi connectivity index (χ4v) is 2.88. The fourth-order valence-electron chi connectivity index (χ4n) is 2.61. The number of aryl methyl sites for hydroxylation is 1. The van der Waals surface area contributed by atoms with E-state index in [2.05, 4.69) is 31.4 Å². The Morgan fingerprint density at radius 2 is 2.00 bits per heavy atom. The average Bonchev–Trinajstić information content (AvgIpc) is 3.27. The first-order chi connectivity index (χ1) is 14.1. The van der Waals surface area contributed by atoms with Gasteiger partial charge < -0.3 is 10.1 Å². The van der Waals surface area contributed by atoms with Crippen molar-refractivity contribution in [3.8, 4) is 5.75 Å². The molecule has 2 aromatic heterocycles. The monoisotopic (exact) mass is 485 g/mol. The summed E-state index contributed by atoms with van der Waals surface area (Å²) in [7, 11) is 0. The standard InChI is InChI=1S/C19H19BrF3N5O2/c1-12(9-28-13(2)7-17(26-28)19(21,22)23)18(29)25-15-8-24-27(10-15)11-30-16-5-3-14(20)4-6-16/h3-8,10,12H,9,11H2,1-2H3,(H,25,29).